The van der Waals surface area contributed by atoms with Gasteiger partial charge in [-0.05, 0) is 26.6 Å². The van der Waals surface area contributed by atoms with Gasteiger partial charge in [-0.2, -0.15) is 0 Å². The molecule has 1 saturated heterocycles. The SMILES string of the molecule is CN(C)CC1CC(O)CN1c1ncc(C(=O)O)cc1Cl. The summed E-state index contributed by atoms with van der Waals surface area (Å²) in [6.45, 7) is 1.23. The van der Waals surface area contributed by atoms with Gasteiger partial charge in [-0.25, -0.2) is 9.78 Å². The first-order valence-corrected chi connectivity index (χ1v) is 6.74. The van der Waals surface area contributed by atoms with E-state index in [9.17, 15) is 9.90 Å². The maximum atomic E-state index is 10.9. The van der Waals surface area contributed by atoms with Crippen LogP contribution < -0.4 is 4.90 Å². The molecule has 2 rings (SSSR count). The molecule has 110 valence electrons. The van der Waals surface area contributed by atoms with Crippen LogP contribution in [-0.2, 0) is 0 Å². The summed E-state index contributed by atoms with van der Waals surface area (Å²) in [5.74, 6) is -0.530. The normalized spacial score (nSPS) is 22.6. The Balaban J connectivity index is 2.27. The number of carboxylic acids is 1. The van der Waals surface area contributed by atoms with Crippen LogP contribution in [0.3, 0.4) is 0 Å². The molecular formula is C13H18ClN3O3. The predicted octanol–water partition coefficient (Wildman–Crippen LogP) is 0.934. The van der Waals surface area contributed by atoms with Gasteiger partial charge in [0.2, 0.25) is 0 Å². The molecule has 0 spiro atoms. The first-order chi connectivity index (χ1) is 9.38. The molecule has 0 saturated carbocycles. The number of carboxylic acid groups (broad SMARTS) is 1. The maximum absolute atomic E-state index is 10.9. The molecule has 1 aromatic rings. The summed E-state index contributed by atoms with van der Waals surface area (Å²) in [6, 6.07) is 1.50. The number of hydrogen-bond acceptors (Lipinski definition) is 5. The molecule has 1 aliphatic heterocycles. The second kappa shape index (κ2) is 5.95. The summed E-state index contributed by atoms with van der Waals surface area (Å²) in [6.07, 6.45) is 1.52. The number of rotatable bonds is 4. The minimum absolute atomic E-state index is 0.0580. The third-order valence-corrected chi connectivity index (χ3v) is 3.59. The molecule has 0 aliphatic carbocycles. The lowest BCUT2D eigenvalue weighted by Gasteiger charge is -2.28. The zero-order valence-electron chi connectivity index (χ0n) is 11.5. The predicted molar refractivity (Wildman–Crippen MR) is 76.5 cm³/mol. The summed E-state index contributed by atoms with van der Waals surface area (Å²) < 4.78 is 0. The number of anilines is 1. The van der Waals surface area contributed by atoms with Crippen LogP contribution in [0.25, 0.3) is 0 Å². The highest BCUT2D eigenvalue weighted by atomic mass is 35.5. The Hall–Kier alpha value is -1.37. The molecule has 0 bridgehead atoms. The number of hydrogen-bond donors (Lipinski definition) is 2. The van der Waals surface area contributed by atoms with E-state index in [1.807, 2.05) is 23.9 Å². The van der Waals surface area contributed by atoms with Crippen LogP contribution in [0.15, 0.2) is 12.3 Å². The van der Waals surface area contributed by atoms with Gasteiger partial charge in [0.1, 0.15) is 5.82 Å². The minimum atomic E-state index is -1.06. The number of aromatic carboxylic acids is 1. The second-order valence-electron chi connectivity index (χ2n) is 5.29. The molecule has 2 atom stereocenters. The van der Waals surface area contributed by atoms with Gasteiger partial charge in [0.05, 0.1) is 16.7 Å². The number of nitrogens with zero attached hydrogens (tertiary/aromatic N) is 3. The fourth-order valence-corrected chi connectivity index (χ4v) is 2.78. The molecule has 20 heavy (non-hydrogen) atoms. The van der Waals surface area contributed by atoms with Crippen LogP contribution in [0.5, 0.6) is 0 Å². The van der Waals surface area contributed by atoms with E-state index < -0.39 is 12.1 Å². The molecule has 2 unspecified atom stereocenters. The van der Waals surface area contributed by atoms with Crippen molar-refractivity contribution in [3.05, 3.63) is 22.8 Å². The molecule has 7 heteroatoms. The van der Waals surface area contributed by atoms with Crippen molar-refractivity contribution < 1.29 is 15.0 Å². The Kier molecular flexibility index (Phi) is 4.47. The quantitative estimate of drug-likeness (QED) is 0.861. The number of halogens is 1. The van der Waals surface area contributed by atoms with Crippen LogP contribution in [0.4, 0.5) is 5.82 Å². The summed E-state index contributed by atoms with van der Waals surface area (Å²) in [5, 5.41) is 19.1. The number of likely N-dealkylation sites (N-methyl/N-ethyl adjacent to an activating group) is 1. The number of carbonyl (C=O) groups is 1. The molecule has 1 aromatic heterocycles. The Morgan fingerprint density at radius 2 is 2.30 bits per heavy atom. The highest BCUT2D eigenvalue weighted by molar-refractivity contribution is 6.33. The van der Waals surface area contributed by atoms with Gasteiger partial charge >= 0.3 is 5.97 Å². The summed E-state index contributed by atoms with van der Waals surface area (Å²) >= 11 is 6.14. The fraction of sp³-hybridized carbons (Fsp3) is 0.538. The Bertz CT molecular complexity index is 510. The number of aromatic nitrogens is 1. The molecule has 2 heterocycles. The molecule has 2 N–H and O–H groups in total. The molecule has 1 aliphatic rings. The van der Waals surface area contributed by atoms with Gasteiger partial charge < -0.3 is 20.0 Å². The van der Waals surface area contributed by atoms with Crippen molar-refractivity contribution in [2.45, 2.75) is 18.6 Å². The number of β-amino-alcohol motifs (C(OH)–C–C–N with tert-alkyl or cyclic N) is 1. The van der Waals surface area contributed by atoms with Gasteiger partial charge in [0.15, 0.2) is 0 Å². The van der Waals surface area contributed by atoms with Crippen molar-refractivity contribution in [3.8, 4) is 0 Å². The first kappa shape index (κ1) is 15.0. The van der Waals surface area contributed by atoms with Crippen molar-refractivity contribution in [3.63, 3.8) is 0 Å². The monoisotopic (exact) mass is 299 g/mol. The first-order valence-electron chi connectivity index (χ1n) is 6.36. The highest BCUT2D eigenvalue weighted by Gasteiger charge is 2.33. The smallest absolute Gasteiger partial charge is 0.337 e. The standard InChI is InChI=1S/C13H18ClN3O3/c1-16(2)6-9-4-10(18)7-17(9)12-11(14)3-8(5-15-12)13(19)20/h3,5,9-10,18H,4,6-7H2,1-2H3,(H,19,20). The van der Waals surface area contributed by atoms with E-state index in [4.69, 9.17) is 16.7 Å². The average Bonchev–Trinajstić information content (AvgIpc) is 2.68. The van der Waals surface area contributed by atoms with Crippen LogP contribution in [0, 0.1) is 0 Å². The highest BCUT2D eigenvalue weighted by Crippen LogP contribution is 2.30. The van der Waals surface area contributed by atoms with E-state index in [1.165, 1.54) is 12.3 Å². The maximum Gasteiger partial charge on any atom is 0.337 e. The molecule has 0 aromatic carbocycles. The average molecular weight is 300 g/mol. The lowest BCUT2D eigenvalue weighted by atomic mass is 10.2. The van der Waals surface area contributed by atoms with Crippen molar-refractivity contribution in [1.29, 1.82) is 0 Å². The molecule has 0 amide bonds. The van der Waals surface area contributed by atoms with E-state index in [0.717, 1.165) is 6.54 Å². The van der Waals surface area contributed by atoms with Crippen LogP contribution in [-0.4, -0.2) is 65.4 Å². The van der Waals surface area contributed by atoms with Gasteiger partial charge in [0, 0.05) is 25.3 Å². The van der Waals surface area contributed by atoms with Crippen molar-refractivity contribution >= 4 is 23.4 Å². The van der Waals surface area contributed by atoms with E-state index in [2.05, 4.69) is 4.98 Å². The lowest BCUT2D eigenvalue weighted by Crippen LogP contribution is -2.38. The second-order valence-corrected chi connectivity index (χ2v) is 5.70. The molecule has 0 radical (unpaired) electrons. The van der Waals surface area contributed by atoms with E-state index in [0.29, 0.717) is 23.8 Å². The van der Waals surface area contributed by atoms with Gasteiger partial charge in [-0.3, -0.25) is 0 Å². The largest absolute Gasteiger partial charge is 0.478 e. The minimum Gasteiger partial charge on any atom is -0.478 e. The van der Waals surface area contributed by atoms with Crippen molar-refractivity contribution in [1.82, 2.24) is 9.88 Å². The fourth-order valence-electron chi connectivity index (χ4n) is 2.50. The third-order valence-electron chi connectivity index (χ3n) is 3.31. The summed E-state index contributed by atoms with van der Waals surface area (Å²) in [7, 11) is 3.93. The molecular weight excluding hydrogens is 282 g/mol. The van der Waals surface area contributed by atoms with Gasteiger partial charge in [-0.1, -0.05) is 11.6 Å². The van der Waals surface area contributed by atoms with Crippen molar-refractivity contribution in [2.75, 3.05) is 32.1 Å². The zero-order valence-corrected chi connectivity index (χ0v) is 12.2. The summed E-state index contributed by atoms with van der Waals surface area (Å²) in [4.78, 5) is 19.0. The molecule has 6 nitrogen and oxygen atoms in total. The van der Waals surface area contributed by atoms with E-state index in [-0.39, 0.29) is 11.6 Å². The van der Waals surface area contributed by atoms with Gasteiger partial charge in [-0.15, -0.1) is 0 Å². The Morgan fingerprint density at radius 1 is 1.60 bits per heavy atom. The number of aliphatic hydroxyl groups excluding tert-OH is 1. The lowest BCUT2D eigenvalue weighted by molar-refractivity contribution is 0.0696. The third kappa shape index (κ3) is 3.20. The number of pyridine rings is 1. The van der Waals surface area contributed by atoms with E-state index in [1.54, 1.807) is 0 Å². The van der Waals surface area contributed by atoms with Crippen molar-refractivity contribution in [2.24, 2.45) is 0 Å². The number of aliphatic hydroxyl groups is 1. The van der Waals surface area contributed by atoms with Crippen LogP contribution >= 0.6 is 11.6 Å². The Labute approximate surface area is 122 Å². The summed E-state index contributed by atoms with van der Waals surface area (Å²) in [5.41, 5.74) is 0.0580. The van der Waals surface area contributed by atoms with E-state index >= 15 is 0 Å². The van der Waals surface area contributed by atoms with Crippen LogP contribution in [0.1, 0.15) is 16.8 Å². The Morgan fingerprint density at radius 3 is 2.85 bits per heavy atom. The van der Waals surface area contributed by atoms with Crippen LogP contribution in [0.2, 0.25) is 5.02 Å². The van der Waals surface area contributed by atoms with Gasteiger partial charge in [0.25, 0.3) is 0 Å². The zero-order chi connectivity index (χ0) is 14.9. The topological polar surface area (TPSA) is 76.9 Å². The molecule has 1 fully saturated rings.